The first-order valence-electron chi connectivity index (χ1n) is 5.47. The van der Waals surface area contributed by atoms with E-state index in [0.717, 1.165) is 4.90 Å². The number of nitrogens with zero attached hydrogens (tertiary/aromatic N) is 1. The van der Waals surface area contributed by atoms with E-state index in [1.54, 1.807) is 12.1 Å². The predicted molar refractivity (Wildman–Crippen MR) is 60.5 cm³/mol. The van der Waals surface area contributed by atoms with Gasteiger partial charge in [0.05, 0.1) is 11.1 Å². The van der Waals surface area contributed by atoms with Gasteiger partial charge in [-0.1, -0.05) is 6.07 Å². The van der Waals surface area contributed by atoms with Gasteiger partial charge >= 0.3 is 0 Å². The maximum absolute atomic E-state index is 12.0. The first-order valence-corrected chi connectivity index (χ1v) is 5.47. The lowest BCUT2D eigenvalue weighted by molar-refractivity contribution is -0.305. The molecule has 0 atom stereocenters. The predicted octanol–water partition coefficient (Wildman–Crippen LogP) is -0.605. The molecule has 2 rings (SSSR count). The van der Waals surface area contributed by atoms with Crippen LogP contribution in [0.5, 0.6) is 0 Å². The van der Waals surface area contributed by atoms with Gasteiger partial charge < -0.3 is 15.6 Å². The summed E-state index contributed by atoms with van der Waals surface area (Å²) in [6.07, 6.45) is -0.0173. The summed E-state index contributed by atoms with van der Waals surface area (Å²) in [6, 6.07) is 4.68. The number of carbonyl (C=O) groups excluding carboxylic acids is 3. The van der Waals surface area contributed by atoms with Gasteiger partial charge in [0, 0.05) is 18.2 Å². The molecule has 2 amide bonds. The van der Waals surface area contributed by atoms with E-state index in [2.05, 4.69) is 0 Å². The van der Waals surface area contributed by atoms with Gasteiger partial charge in [-0.05, 0) is 25.0 Å². The smallest absolute Gasteiger partial charge is 0.263 e. The van der Waals surface area contributed by atoms with Crippen LogP contribution in [-0.2, 0) is 4.79 Å². The number of anilines is 1. The third kappa shape index (κ3) is 1.92. The number of nitrogens with two attached hydrogens (primary N) is 1. The molecule has 0 bridgehead atoms. The van der Waals surface area contributed by atoms with Gasteiger partial charge in [-0.2, -0.15) is 0 Å². The Hall–Kier alpha value is -2.37. The number of carboxylic acids is 1. The number of nitrogen functional groups attached to an aromatic ring is 1. The highest BCUT2D eigenvalue weighted by molar-refractivity contribution is 6.23. The Balaban J connectivity index is 2.18. The second kappa shape index (κ2) is 4.48. The maximum Gasteiger partial charge on any atom is 0.263 e. The Labute approximate surface area is 103 Å². The van der Waals surface area contributed by atoms with Crippen LogP contribution in [-0.4, -0.2) is 29.2 Å². The molecular formula is C12H11N2O4-. The average molecular weight is 247 g/mol. The van der Waals surface area contributed by atoms with Gasteiger partial charge in [-0.25, -0.2) is 0 Å². The zero-order valence-corrected chi connectivity index (χ0v) is 9.51. The van der Waals surface area contributed by atoms with E-state index in [4.69, 9.17) is 5.73 Å². The van der Waals surface area contributed by atoms with E-state index >= 15 is 0 Å². The highest BCUT2D eigenvalue weighted by Crippen LogP contribution is 2.27. The van der Waals surface area contributed by atoms with Gasteiger partial charge in [-0.15, -0.1) is 0 Å². The molecule has 1 heterocycles. The largest absolute Gasteiger partial charge is 0.550 e. The van der Waals surface area contributed by atoms with E-state index < -0.39 is 17.8 Å². The van der Waals surface area contributed by atoms with Crippen LogP contribution < -0.4 is 10.8 Å². The van der Waals surface area contributed by atoms with Crippen molar-refractivity contribution in [3.8, 4) is 0 Å². The molecule has 0 saturated heterocycles. The van der Waals surface area contributed by atoms with Gasteiger partial charge in [0.2, 0.25) is 0 Å². The SMILES string of the molecule is Nc1cccc2c1C(=O)N(CCCC(=O)[O-])C2=O. The normalized spacial score (nSPS) is 13.9. The quantitative estimate of drug-likeness (QED) is 0.565. The van der Waals surface area contributed by atoms with Crippen LogP contribution in [0.4, 0.5) is 5.69 Å². The van der Waals surface area contributed by atoms with Crippen molar-refractivity contribution in [2.24, 2.45) is 0 Å². The van der Waals surface area contributed by atoms with Crippen LogP contribution >= 0.6 is 0 Å². The van der Waals surface area contributed by atoms with Crippen LogP contribution in [0.2, 0.25) is 0 Å². The Morgan fingerprint density at radius 3 is 2.61 bits per heavy atom. The molecule has 1 aliphatic rings. The van der Waals surface area contributed by atoms with Crippen LogP contribution in [0.3, 0.4) is 0 Å². The van der Waals surface area contributed by atoms with E-state index in [9.17, 15) is 19.5 Å². The molecule has 0 fully saturated rings. The van der Waals surface area contributed by atoms with Crippen molar-refractivity contribution in [1.82, 2.24) is 4.90 Å². The van der Waals surface area contributed by atoms with Crippen LogP contribution in [0.1, 0.15) is 33.6 Å². The average Bonchev–Trinajstić information content (AvgIpc) is 2.55. The summed E-state index contributed by atoms with van der Waals surface area (Å²) < 4.78 is 0. The molecule has 6 nitrogen and oxygen atoms in total. The second-order valence-corrected chi connectivity index (χ2v) is 4.01. The van der Waals surface area contributed by atoms with Crippen molar-refractivity contribution in [2.75, 3.05) is 12.3 Å². The molecule has 1 aromatic rings. The van der Waals surface area contributed by atoms with Crippen LogP contribution in [0.25, 0.3) is 0 Å². The minimum Gasteiger partial charge on any atom is -0.550 e. The van der Waals surface area contributed by atoms with Crippen molar-refractivity contribution in [3.63, 3.8) is 0 Å². The van der Waals surface area contributed by atoms with Crippen molar-refractivity contribution >= 4 is 23.5 Å². The van der Waals surface area contributed by atoms with Crippen LogP contribution in [0.15, 0.2) is 18.2 Å². The van der Waals surface area contributed by atoms with E-state index in [1.807, 2.05) is 0 Å². The molecule has 0 spiro atoms. The Morgan fingerprint density at radius 1 is 1.28 bits per heavy atom. The molecule has 0 aromatic heterocycles. The molecule has 2 N–H and O–H groups in total. The minimum atomic E-state index is -1.20. The number of rotatable bonds is 4. The Morgan fingerprint density at radius 2 is 2.00 bits per heavy atom. The van der Waals surface area contributed by atoms with Crippen molar-refractivity contribution in [3.05, 3.63) is 29.3 Å². The van der Waals surface area contributed by atoms with Gasteiger partial charge in [0.25, 0.3) is 11.8 Å². The summed E-state index contributed by atoms with van der Waals surface area (Å²) in [4.78, 5) is 35.2. The molecule has 18 heavy (non-hydrogen) atoms. The van der Waals surface area contributed by atoms with Crippen molar-refractivity contribution in [2.45, 2.75) is 12.8 Å². The molecule has 6 heteroatoms. The fourth-order valence-corrected chi connectivity index (χ4v) is 1.94. The van der Waals surface area contributed by atoms with Gasteiger partial charge in [-0.3, -0.25) is 14.5 Å². The summed E-state index contributed by atoms with van der Waals surface area (Å²) in [7, 11) is 0. The topological polar surface area (TPSA) is 104 Å². The number of amides is 2. The monoisotopic (exact) mass is 247 g/mol. The fraction of sp³-hybridized carbons (Fsp3) is 0.250. The molecule has 0 aliphatic carbocycles. The third-order valence-corrected chi connectivity index (χ3v) is 2.79. The molecule has 1 aromatic carbocycles. The minimum absolute atomic E-state index is 0.0553. The zero-order valence-electron chi connectivity index (χ0n) is 9.51. The van der Waals surface area contributed by atoms with Crippen LogP contribution in [0, 0.1) is 0 Å². The number of hydrogen-bond acceptors (Lipinski definition) is 5. The number of hydrogen-bond donors (Lipinski definition) is 1. The summed E-state index contributed by atoms with van der Waals surface area (Å²) in [6.45, 7) is 0.0553. The standard InChI is InChI=1S/C12H12N2O4/c13-8-4-1-3-7-10(8)12(18)14(11(7)17)6-2-5-9(15)16/h1,3-4H,2,5-6,13H2,(H,15,16)/p-1. The number of carbonyl (C=O) groups is 3. The lowest BCUT2D eigenvalue weighted by Crippen LogP contribution is -2.32. The molecule has 0 unspecified atom stereocenters. The van der Waals surface area contributed by atoms with E-state index in [0.29, 0.717) is 0 Å². The van der Waals surface area contributed by atoms with E-state index in [1.165, 1.54) is 6.07 Å². The zero-order chi connectivity index (χ0) is 13.3. The number of aliphatic carboxylic acids is 1. The highest BCUT2D eigenvalue weighted by atomic mass is 16.4. The Bertz CT molecular complexity index is 539. The summed E-state index contributed by atoms with van der Waals surface area (Å²) in [5.74, 6) is -2.10. The lowest BCUT2D eigenvalue weighted by atomic mass is 10.1. The number of fused-ring (bicyclic) bond motifs is 1. The summed E-state index contributed by atoms with van der Waals surface area (Å²) in [5.41, 5.74) is 6.39. The fourth-order valence-electron chi connectivity index (χ4n) is 1.94. The number of benzene rings is 1. The third-order valence-electron chi connectivity index (χ3n) is 2.79. The lowest BCUT2D eigenvalue weighted by Gasteiger charge is -2.13. The van der Waals surface area contributed by atoms with E-state index in [-0.39, 0.29) is 36.2 Å². The molecule has 94 valence electrons. The summed E-state index contributed by atoms with van der Waals surface area (Å²) >= 11 is 0. The van der Waals surface area contributed by atoms with Crippen molar-refractivity contribution < 1.29 is 19.5 Å². The van der Waals surface area contributed by atoms with Gasteiger partial charge in [0.15, 0.2) is 0 Å². The first kappa shape index (κ1) is 12.1. The molecule has 0 saturated carbocycles. The number of imide groups is 1. The van der Waals surface area contributed by atoms with Crippen molar-refractivity contribution in [1.29, 1.82) is 0 Å². The highest BCUT2D eigenvalue weighted by Gasteiger charge is 2.36. The maximum atomic E-state index is 12.0. The number of carboxylic acid groups (broad SMARTS) is 1. The first-order chi connectivity index (χ1) is 8.52. The summed E-state index contributed by atoms with van der Waals surface area (Å²) in [5, 5.41) is 10.3. The Kier molecular flexibility index (Phi) is 3.01. The van der Waals surface area contributed by atoms with Gasteiger partial charge in [0.1, 0.15) is 0 Å². The molecular weight excluding hydrogens is 236 g/mol. The molecule has 1 aliphatic heterocycles. The second-order valence-electron chi connectivity index (χ2n) is 4.01. The molecule has 0 radical (unpaired) electrons.